The van der Waals surface area contributed by atoms with E-state index in [0.29, 0.717) is 12.4 Å². The Balaban J connectivity index is 1.54. The number of hydrogen-bond acceptors (Lipinski definition) is 5. The minimum absolute atomic E-state index is 0.00847. The Labute approximate surface area is 165 Å². The fraction of sp³-hybridized carbons (Fsp3) is 0.150. The molecule has 1 aromatic carbocycles. The molecule has 0 aliphatic carbocycles. The van der Waals surface area contributed by atoms with Crippen molar-refractivity contribution in [3.63, 3.8) is 0 Å². The van der Waals surface area contributed by atoms with Crippen LogP contribution in [0.15, 0.2) is 72.1 Å². The van der Waals surface area contributed by atoms with E-state index in [1.54, 1.807) is 30.6 Å². The fourth-order valence-electron chi connectivity index (χ4n) is 2.37. The average molecular weight is 401 g/mol. The van der Waals surface area contributed by atoms with Crippen molar-refractivity contribution in [3.8, 4) is 5.75 Å². The maximum Gasteiger partial charge on any atom is 0.290 e. The Morgan fingerprint density at radius 3 is 2.57 bits per heavy atom. The molecule has 0 spiro atoms. The standard InChI is InChI=1S/C20H17F2N3O2S/c21-20(22)28-19-17(4-2-10-24-19)18(26)25-12-14-5-7-16(8-6-14)27-13-15-3-1-9-23-11-15/h1-11,20H,12-13H2,(H,25,26). The number of nitrogens with one attached hydrogen (secondary N) is 1. The number of rotatable bonds is 8. The van der Waals surface area contributed by atoms with Crippen molar-refractivity contribution in [2.45, 2.75) is 23.9 Å². The number of amides is 1. The molecule has 0 fully saturated rings. The van der Waals surface area contributed by atoms with Crippen molar-refractivity contribution >= 4 is 17.7 Å². The molecule has 0 saturated carbocycles. The van der Waals surface area contributed by atoms with Crippen LogP contribution in [0.5, 0.6) is 5.75 Å². The minimum atomic E-state index is -2.64. The molecule has 1 N–H and O–H groups in total. The first-order valence-electron chi connectivity index (χ1n) is 8.40. The smallest absolute Gasteiger partial charge is 0.290 e. The highest BCUT2D eigenvalue weighted by Crippen LogP contribution is 2.26. The van der Waals surface area contributed by atoms with Crippen LogP contribution < -0.4 is 10.1 Å². The summed E-state index contributed by atoms with van der Waals surface area (Å²) >= 11 is 0.254. The summed E-state index contributed by atoms with van der Waals surface area (Å²) in [5.41, 5.74) is 1.95. The zero-order valence-corrected chi connectivity index (χ0v) is 15.5. The van der Waals surface area contributed by atoms with Crippen LogP contribution in [0.4, 0.5) is 8.78 Å². The molecule has 0 radical (unpaired) electrons. The number of hydrogen-bond donors (Lipinski definition) is 1. The molecule has 3 rings (SSSR count). The lowest BCUT2D eigenvalue weighted by molar-refractivity contribution is 0.0947. The molecule has 0 aliphatic heterocycles. The molecule has 144 valence electrons. The summed E-state index contributed by atoms with van der Waals surface area (Å²) in [5.74, 6) is -2.39. The van der Waals surface area contributed by atoms with E-state index in [0.717, 1.165) is 11.1 Å². The SMILES string of the molecule is O=C(NCc1ccc(OCc2cccnc2)cc1)c1cccnc1SC(F)F. The number of thioether (sulfide) groups is 1. The molecular weight excluding hydrogens is 384 g/mol. The summed E-state index contributed by atoms with van der Waals surface area (Å²) in [4.78, 5) is 20.2. The zero-order valence-electron chi connectivity index (χ0n) is 14.7. The van der Waals surface area contributed by atoms with Crippen molar-refractivity contribution in [2.75, 3.05) is 0 Å². The molecular formula is C20H17F2N3O2S. The van der Waals surface area contributed by atoms with Gasteiger partial charge < -0.3 is 10.1 Å². The largest absolute Gasteiger partial charge is 0.489 e. The van der Waals surface area contributed by atoms with Gasteiger partial charge in [0.05, 0.1) is 5.56 Å². The highest BCUT2D eigenvalue weighted by Gasteiger charge is 2.16. The van der Waals surface area contributed by atoms with E-state index in [-0.39, 0.29) is 28.9 Å². The Kier molecular flexibility index (Phi) is 6.91. The van der Waals surface area contributed by atoms with Gasteiger partial charge in [-0.2, -0.15) is 8.78 Å². The van der Waals surface area contributed by atoms with Crippen LogP contribution in [-0.2, 0) is 13.2 Å². The number of nitrogens with zero attached hydrogens (tertiary/aromatic N) is 2. The predicted molar refractivity (Wildman–Crippen MR) is 102 cm³/mol. The normalized spacial score (nSPS) is 10.7. The number of aromatic nitrogens is 2. The molecule has 0 bridgehead atoms. The first-order valence-corrected chi connectivity index (χ1v) is 9.28. The van der Waals surface area contributed by atoms with Crippen molar-refractivity contribution in [1.82, 2.24) is 15.3 Å². The summed E-state index contributed by atoms with van der Waals surface area (Å²) in [6.45, 7) is 0.672. The maximum absolute atomic E-state index is 12.6. The lowest BCUT2D eigenvalue weighted by Crippen LogP contribution is -2.23. The number of alkyl halides is 2. The van der Waals surface area contributed by atoms with Crippen LogP contribution in [0.3, 0.4) is 0 Å². The van der Waals surface area contributed by atoms with E-state index in [1.807, 2.05) is 24.3 Å². The van der Waals surface area contributed by atoms with Crippen molar-refractivity contribution < 1.29 is 18.3 Å². The molecule has 2 aromatic heterocycles. The monoisotopic (exact) mass is 401 g/mol. The summed E-state index contributed by atoms with van der Waals surface area (Å²) in [7, 11) is 0. The van der Waals surface area contributed by atoms with Gasteiger partial charge >= 0.3 is 0 Å². The van der Waals surface area contributed by atoms with Gasteiger partial charge in [0, 0.05) is 30.7 Å². The Morgan fingerprint density at radius 2 is 1.86 bits per heavy atom. The van der Waals surface area contributed by atoms with E-state index in [4.69, 9.17) is 4.74 Å². The molecule has 0 saturated heterocycles. The molecule has 5 nitrogen and oxygen atoms in total. The molecule has 0 unspecified atom stereocenters. The lowest BCUT2D eigenvalue weighted by atomic mass is 10.2. The summed E-state index contributed by atoms with van der Waals surface area (Å²) in [6.07, 6.45) is 4.82. The van der Waals surface area contributed by atoms with Crippen molar-refractivity contribution in [2.24, 2.45) is 0 Å². The van der Waals surface area contributed by atoms with Crippen molar-refractivity contribution in [1.29, 1.82) is 0 Å². The predicted octanol–water partition coefficient (Wildman–Crippen LogP) is 4.30. The molecule has 28 heavy (non-hydrogen) atoms. The van der Waals surface area contributed by atoms with E-state index in [2.05, 4.69) is 15.3 Å². The molecule has 1 amide bonds. The van der Waals surface area contributed by atoms with Crippen LogP contribution in [0.2, 0.25) is 0 Å². The highest BCUT2D eigenvalue weighted by molar-refractivity contribution is 7.99. The van der Waals surface area contributed by atoms with E-state index in [1.165, 1.54) is 12.3 Å². The van der Waals surface area contributed by atoms with Crippen LogP contribution in [-0.4, -0.2) is 21.6 Å². The second kappa shape index (κ2) is 9.80. The Bertz CT molecular complexity index is 909. The first kappa shape index (κ1) is 19.8. The molecule has 3 aromatic rings. The quantitative estimate of drug-likeness (QED) is 0.570. The summed E-state index contributed by atoms with van der Waals surface area (Å²) < 4.78 is 30.9. The number of pyridine rings is 2. The van der Waals surface area contributed by atoms with Gasteiger partial charge in [-0.25, -0.2) is 4.98 Å². The van der Waals surface area contributed by atoms with Crippen LogP contribution in [0.1, 0.15) is 21.5 Å². The van der Waals surface area contributed by atoms with E-state index >= 15 is 0 Å². The second-order valence-corrected chi connectivity index (χ2v) is 6.69. The number of halogens is 2. The van der Waals surface area contributed by atoms with E-state index in [9.17, 15) is 13.6 Å². The first-order chi connectivity index (χ1) is 13.6. The third kappa shape index (κ3) is 5.75. The minimum Gasteiger partial charge on any atom is -0.489 e. The second-order valence-electron chi connectivity index (χ2n) is 5.71. The summed E-state index contributed by atoms with van der Waals surface area (Å²) in [6, 6.07) is 14.1. The Morgan fingerprint density at radius 1 is 1.07 bits per heavy atom. The number of ether oxygens (including phenoxy) is 1. The molecule has 2 heterocycles. The topological polar surface area (TPSA) is 64.1 Å². The highest BCUT2D eigenvalue weighted by atomic mass is 32.2. The number of benzene rings is 1. The van der Waals surface area contributed by atoms with Gasteiger partial charge in [-0.3, -0.25) is 9.78 Å². The van der Waals surface area contributed by atoms with E-state index < -0.39 is 11.7 Å². The van der Waals surface area contributed by atoms with Gasteiger partial charge in [-0.1, -0.05) is 18.2 Å². The zero-order chi connectivity index (χ0) is 19.8. The van der Waals surface area contributed by atoms with Gasteiger partial charge in [0.2, 0.25) is 0 Å². The molecule has 0 atom stereocenters. The van der Waals surface area contributed by atoms with Gasteiger partial charge in [0.25, 0.3) is 11.7 Å². The van der Waals surface area contributed by atoms with Gasteiger partial charge in [0.15, 0.2) is 0 Å². The van der Waals surface area contributed by atoms with Crippen LogP contribution in [0, 0.1) is 0 Å². The lowest BCUT2D eigenvalue weighted by Gasteiger charge is -2.10. The van der Waals surface area contributed by atoms with Gasteiger partial charge in [-0.15, -0.1) is 0 Å². The molecule has 0 aliphatic rings. The van der Waals surface area contributed by atoms with Crippen molar-refractivity contribution in [3.05, 3.63) is 83.8 Å². The number of carbonyl (C=O) groups excluding carboxylic acids is 1. The average Bonchev–Trinajstić information content (AvgIpc) is 2.72. The summed E-state index contributed by atoms with van der Waals surface area (Å²) in [5, 5.41) is 2.73. The fourth-order valence-corrected chi connectivity index (χ4v) is 2.95. The van der Waals surface area contributed by atoms with Gasteiger partial charge in [0.1, 0.15) is 17.4 Å². The Hall–Kier alpha value is -3.00. The van der Waals surface area contributed by atoms with Crippen LogP contribution >= 0.6 is 11.8 Å². The third-order valence-corrected chi connectivity index (χ3v) is 4.45. The number of carbonyl (C=O) groups is 1. The molecule has 8 heteroatoms. The van der Waals surface area contributed by atoms with Gasteiger partial charge in [-0.05, 0) is 47.7 Å². The third-order valence-electron chi connectivity index (χ3n) is 3.72. The van der Waals surface area contributed by atoms with Crippen LogP contribution in [0.25, 0.3) is 0 Å². The maximum atomic E-state index is 12.6.